The minimum absolute atomic E-state index is 0.0468. The smallest absolute Gasteiger partial charge is 0.234 e. The van der Waals surface area contributed by atoms with E-state index < -0.39 is 0 Å². The second-order valence-corrected chi connectivity index (χ2v) is 8.01. The molecule has 0 radical (unpaired) electrons. The van der Waals surface area contributed by atoms with Crippen LogP contribution in [0.1, 0.15) is 33.3 Å². The van der Waals surface area contributed by atoms with Crippen molar-refractivity contribution in [2.45, 2.75) is 19.0 Å². The highest BCUT2D eigenvalue weighted by Gasteiger charge is 2.32. The lowest BCUT2D eigenvalue weighted by Crippen LogP contribution is -2.49. The number of hydrogen-bond donors (Lipinski definition) is 1. The van der Waals surface area contributed by atoms with Gasteiger partial charge < -0.3 is 5.32 Å². The van der Waals surface area contributed by atoms with Crippen molar-refractivity contribution >= 4 is 23.0 Å². The number of carbonyl (C=O) groups is 2. The standard InChI is InChI=1S/C20H22FN3O2S/c21-16-4-2-1-3-14(16)12-23-6-8-24(9-7-23)13-19(26)22-17-11-18(25)20-15(17)5-10-27-20/h1-5,10,17H,6-9,11-13H2,(H,22,26). The quantitative estimate of drug-likeness (QED) is 0.856. The van der Waals surface area contributed by atoms with Crippen LogP contribution in [0.25, 0.3) is 0 Å². The molecule has 7 heteroatoms. The molecule has 1 fully saturated rings. The lowest BCUT2D eigenvalue weighted by atomic mass is 10.1. The van der Waals surface area contributed by atoms with Crippen molar-refractivity contribution in [3.05, 3.63) is 57.5 Å². The summed E-state index contributed by atoms with van der Waals surface area (Å²) in [6.45, 7) is 4.08. The Morgan fingerprint density at radius 1 is 1.15 bits per heavy atom. The van der Waals surface area contributed by atoms with Crippen molar-refractivity contribution < 1.29 is 14.0 Å². The number of Topliss-reactive ketones (excluding diaryl/α,β-unsaturated/α-hetero) is 1. The molecule has 0 saturated carbocycles. The molecule has 1 aliphatic heterocycles. The van der Waals surface area contributed by atoms with Crippen LogP contribution in [0.5, 0.6) is 0 Å². The minimum Gasteiger partial charge on any atom is -0.348 e. The van der Waals surface area contributed by atoms with Gasteiger partial charge in [0.25, 0.3) is 0 Å². The van der Waals surface area contributed by atoms with Crippen molar-refractivity contribution in [1.29, 1.82) is 0 Å². The summed E-state index contributed by atoms with van der Waals surface area (Å²) in [6.07, 6.45) is 0.365. The van der Waals surface area contributed by atoms with Gasteiger partial charge in [-0.3, -0.25) is 19.4 Å². The van der Waals surface area contributed by atoms with E-state index in [1.54, 1.807) is 6.07 Å². The molecule has 27 heavy (non-hydrogen) atoms. The SMILES string of the molecule is O=C(CN1CCN(Cc2ccccc2F)CC1)NC1CC(=O)c2sccc21. The maximum Gasteiger partial charge on any atom is 0.234 e. The Kier molecular flexibility index (Phi) is 5.33. The number of hydrogen-bond acceptors (Lipinski definition) is 5. The van der Waals surface area contributed by atoms with E-state index in [-0.39, 0.29) is 23.5 Å². The zero-order valence-corrected chi connectivity index (χ0v) is 15.8. The number of benzene rings is 1. The van der Waals surface area contributed by atoms with Crippen molar-refractivity contribution in [2.24, 2.45) is 0 Å². The normalized spacial score (nSPS) is 20.6. The van der Waals surface area contributed by atoms with Gasteiger partial charge in [0.05, 0.1) is 17.5 Å². The first-order chi connectivity index (χ1) is 13.1. The van der Waals surface area contributed by atoms with Crippen LogP contribution in [-0.4, -0.2) is 54.2 Å². The van der Waals surface area contributed by atoms with E-state index in [0.29, 0.717) is 25.1 Å². The summed E-state index contributed by atoms with van der Waals surface area (Å²) in [6, 6.07) is 8.60. The summed E-state index contributed by atoms with van der Waals surface area (Å²) >= 11 is 1.45. The van der Waals surface area contributed by atoms with Gasteiger partial charge in [-0.05, 0) is 23.1 Å². The number of piperazine rings is 1. The van der Waals surface area contributed by atoms with Crippen LogP contribution in [0.4, 0.5) is 4.39 Å². The Morgan fingerprint density at radius 2 is 1.89 bits per heavy atom. The lowest BCUT2D eigenvalue weighted by Gasteiger charge is -2.34. The van der Waals surface area contributed by atoms with Gasteiger partial charge in [-0.25, -0.2) is 4.39 Å². The second kappa shape index (κ2) is 7.88. The largest absolute Gasteiger partial charge is 0.348 e. The molecule has 142 valence electrons. The number of nitrogens with zero attached hydrogens (tertiary/aromatic N) is 2. The first kappa shape index (κ1) is 18.3. The van der Waals surface area contributed by atoms with E-state index in [1.165, 1.54) is 17.4 Å². The molecule has 1 aromatic carbocycles. The first-order valence-electron chi connectivity index (χ1n) is 9.18. The molecule has 1 aliphatic carbocycles. The molecule has 2 heterocycles. The van der Waals surface area contributed by atoms with Crippen molar-refractivity contribution in [3.8, 4) is 0 Å². The summed E-state index contributed by atoms with van der Waals surface area (Å²) in [7, 11) is 0. The maximum atomic E-state index is 13.8. The average Bonchev–Trinajstić information content (AvgIpc) is 3.24. The lowest BCUT2D eigenvalue weighted by molar-refractivity contribution is -0.123. The molecule has 1 unspecified atom stereocenters. The van der Waals surface area contributed by atoms with Gasteiger partial charge >= 0.3 is 0 Å². The Balaban J connectivity index is 1.24. The molecular weight excluding hydrogens is 365 g/mol. The number of nitrogens with one attached hydrogen (secondary N) is 1. The van der Waals surface area contributed by atoms with Gasteiger partial charge in [0.2, 0.25) is 5.91 Å². The van der Waals surface area contributed by atoms with E-state index in [4.69, 9.17) is 0 Å². The Bertz CT molecular complexity index is 845. The van der Waals surface area contributed by atoms with E-state index in [9.17, 15) is 14.0 Å². The molecule has 1 saturated heterocycles. The number of ketones is 1. The zero-order valence-electron chi connectivity index (χ0n) is 15.0. The highest BCUT2D eigenvalue weighted by molar-refractivity contribution is 7.12. The van der Waals surface area contributed by atoms with E-state index >= 15 is 0 Å². The Morgan fingerprint density at radius 3 is 2.67 bits per heavy atom. The van der Waals surface area contributed by atoms with Crippen LogP contribution in [0.15, 0.2) is 35.7 Å². The van der Waals surface area contributed by atoms with Crippen LogP contribution in [0, 0.1) is 5.82 Å². The molecule has 5 nitrogen and oxygen atoms in total. The fraction of sp³-hybridized carbons (Fsp3) is 0.400. The minimum atomic E-state index is -0.186. The fourth-order valence-electron chi connectivity index (χ4n) is 3.75. The van der Waals surface area contributed by atoms with Crippen LogP contribution in [0.2, 0.25) is 0 Å². The predicted octanol–water partition coefficient (Wildman–Crippen LogP) is 2.45. The molecular formula is C20H22FN3O2S. The van der Waals surface area contributed by atoms with E-state index in [0.717, 1.165) is 36.6 Å². The van der Waals surface area contributed by atoms with Gasteiger partial charge in [0, 0.05) is 44.7 Å². The van der Waals surface area contributed by atoms with E-state index in [2.05, 4.69) is 15.1 Å². The topological polar surface area (TPSA) is 52.7 Å². The highest BCUT2D eigenvalue weighted by Crippen LogP contribution is 2.34. The number of halogens is 1. The number of carbonyl (C=O) groups excluding carboxylic acids is 2. The van der Waals surface area contributed by atoms with Crippen LogP contribution < -0.4 is 5.32 Å². The zero-order chi connectivity index (χ0) is 18.8. The summed E-state index contributed by atoms with van der Waals surface area (Å²) in [5, 5.41) is 4.90. The predicted molar refractivity (Wildman–Crippen MR) is 102 cm³/mol. The van der Waals surface area contributed by atoms with Crippen molar-refractivity contribution in [1.82, 2.24) is 15.1 Å². The molecule has 1 N–H and O–H groups in total. The van der Waals surface area contributed by atoms with Crippen LogP contribution in [0.3, 0.4) is 0 Å². The third-order valence-corrected chi connectivity index (χ3v) is 6.20. The van der Waals surface area contributed by atoms with Gasteiger partial charge in [0.15, 0.2) is 5.78 Å². The van der Waals surface area contributed by atoms with Gasteiger partial charge in [-0.2, -0.15) is 0 Å². The molecule has 1 aromatic heterocycles. The number of fused-ring (bicyclic) bond motifs is 1. The average molecular weight is 387 g/mol. The summed E-state index contributed by atoms with van der Waals surface area (Å²) in [4.78, 5) is 29.4. The van der Waals surface area contributed by atoms with Crippen LogP contribution in [-0.2, 0) is 11.3 Å². The first-order valence-corrected chi connectivity index (χ1v) is 10.1. The molecule has 2 aromatic rings. The van der Waals surface area contributed by atoms with Gasteiger partial charge in [-0.1, -0.05) is 18.2 Å². The molecule has 1 atom stereocenters. The summed E-state index contributed by atoms with van der Waals surface area (Å²) < 4.78 is 13.8. The molecule has 0 bridgehead atoms. The Labute approximate surface area is 161 Å². The third-order valence-electron chi connectivity index (χ3n) is 5.23. The maximum absolute atomic E-state index is 13.8. The Hall–Kier alpha value is -2.09. The second-order valence-electron chi connectivity index (χ2n) is 7.10. The number of rotatable bonds is 5. The monoisotopic (exact) mass is 387 g/mol. The fourth-order valence-corrected chi connectivity index (χ4v) is 4.67. The number of thiophene rings is 1. The molecule has 2 aliphatic rings. The molecule has 4 rings (SSSR count). The molecule has 0 spiro atoms. The van der Waals surface area contributed by atoms with Gasteiger partial charge in [0.1, 0.15) is 5.82 Å². The summed E-state index contributed by atoms with van der Waals surface area (Å²) in [5.74, 6) is -0.0975. The van der Waals surface area contributed by atoms with Crippen molar-refractivity contribution in [3.63, 3.8) is 0 Å². The highest BCUT2D eigenvalue weighted by atomic mass is 32.1. The van der Waals surface area contributed by atoms with Gasteiger partial charge in [-0.15, -0.1) is 11.3 Å². The summed E-state index contributed by atoms with van der Waals surface area (Å²) in [5.41, 5.74) is 1.66. The molecule has 1 amide bonds. The van der Waals surface area contributed by atoms with Crippen molar-refractivity contribution in [2.75, 3.05) is 32.7 Å². The number of amides is 1. The third kappa shape index (κ3) is 4.10. The van der Waals surface area contributed by atoms with Crippen LogP contribution >= 0.6 is 11.3 Å². The van der Waals surface area contributed by atoms with E-state index in [1.807, 2.05) is 23.6 Å².